The maximum atomic E-state index is 14.8. The molecule has 0 radical (unpaired) electrons. The van der Waals surface area contributed by atoms with Crippen LogP contribution in [0, 0.1) is 10.1 Å². The van der Waals surface area contributed by atoms with Crippen molar-refractivity contribution in [2.75, 3.05) is 0 Å². The fraction of sp³-hybridized carbons (Fsp3) is 0.0741. The molecule has 4 aromatic rings. The van der Waals surface area contributed by atoms with Gasteiger partial charge in [0, 0.05) is 0 Å². The first-order valence-electron chi connectivity index (χ1n) is 10.7. The summed E-state index contributed by atoms with van der Waals surface area (Å²) in [5.41, 5.74) is 0.673. The van der Waals surface area contributed by atoms with Crippen LogP contribution in [0.25, 0.3) is 0 Å². The number of benzene rings is 4. The van der Waals surface area contributed by atoms with Gasteiger partial charge in [-0.3, -0.25) is 14.9 Å². The van der Waals surface area contributed by atoms with Gasteiger partial charge < -0.3 is 4.74 Å². The molecule has 0 spiro atoms. The lowest BCUT2D eigenvalue weighted by Gasteiger charge is -2.37. The van der Waals surface area contributed by atoms with Crippen molar-refractivity contribution >= 4 is 16.1 Å². The Morgan fingerprint density at radius 3 is 1.31 bits per heavy atom. The van der Waals surface area contributed by atoms with Crippen LogP contribution in [-0.4, -0.2) is 24.7 Å². The molecule has 0 aromatic heterocycles. The highest BCUT2D eigenvalue weighted by molar-refractivity contribution is 7.94. The third-order valence-corrected chi connectivity index (χ3v) is 8.35. The van der Waals surface area contributed by atoms with Gasteiger partial charge in [-0.1, -0.05) is 109 Å². The molecule has 4 rings (SSSR count). The van der Waals surface area contributed by atoms with Gasteiger partial charge in [-0.15, -0.1) is 0 Å². The zero-order valence-electron chi connectivity index (χ0n) is 18.4. The number of sulfone groups is 1. The Balaban J connectivity index is 2.16. The van der Waals surface area contributed by atoms with Gasteiger partial charge in [0.2, 0.25) is 0 Å². The summed E-state index contributed by atoms with van der Waals surface area (Å²) in [7, 11) is -5.18. The second-order valence-electron chi connectivity index (χ2n) is 7.70. The molecule has 35 heavy (non-hydrogen) atoms. The summed E-state index contributed by atoms with van der Waals surface area (Å²) in [6.45, 7) is 0. The average molecular weight is 488 g/mol. The SMILES string of the molecule is O=CC(Oc1ccccc1)([N+](=O)[O-])S(=O)(=O)C(c1ccccc1)(c1ccccc1)c1ccccc1. The molecule has 0 saturated carbocycles. The van der Waals surface area contributed by atoms with E-state index in [4.69, 9.17) is 4.74 Å². The van der Waals surface area contributed by atoms with Crippen molar-refractivity contribution in [2.45, 2.75) is 9.80 Å². The fourth-order valence-corrected chi connectivity index (χ4v) is 6.49. The highest BCUT2D eigenvalue weighted by Gasteiger charge is 2.70. The standard InChI is InChI=1S/C27H21NO6S/c29-21-26(28(30)31,34-25-19-11-4-12-20-25)35(32,33)27(22-13-5-1-6-14-22,23-15-7-2-8-16-23)24-17-9-3-10-18-24/h1-21H. The van der Waals surface area contributed by atoms with Gasteiger partial charge >= 0.3 is 5.06 Å². The molecule has 0 bridgehead atoms. The molecule has 0 aliphatic heterocycles. The number of aldehydes is 1. The molecular weight excluding hydrogens is 466 g/mol. The van der Waals surface area contributed by atoms with Crippen LogP contribution in [0.15, 0.2) is 121 Å². The Labute approximate surface area is 202 Å². The van der Waals surface area contributed by atoms with E-state index in [0.717, 1.165) is 0 Å². The van der Waals surface area contributed by atoms with Crippen LogP contribution in [0.4, 0.5) is 0 Å². The summed E-state index contributed by atoms with van der Waals surface area (Å²) in [5.74, 6) is -0.136. The first-order chi connectivity index (χ1) is 16.9. The predicted octanol–water partition coefficient (Wildman–Crippen LogP) is 4.60. The Kier molecular flexibility index (Phi) is 6.48. The lowest BCUT2D eigenvalue weighted by molar-refractivity contribution is -0.562. The third kappa shape index (κ3) is 3.77. The largest absolute Gasteiger partial charge is 0.523 e. The summed E-state index contributed by atoms with van der Waals surface area (Å²) in [5, 5.41) is 9.07. The van der Waals surface area contributed by atoms with Gasteiger partial charge in [-0.25, -0.2) is 8.42 Å². The second kappa shape index (κ2) is 9.52. The number of hydrogen-bond acceptors (Lipinski definition) is 6. The summed E-state index contributed by atoms with van der Waals surface area (Å²) in [6.07, 6.45) is -0.251. The highest BCUT2D eigenvalue weighted by atomic mass is 32.2. The number of hydrogen-bond donors (Lipinski definition) is 0. The number of nitrogens with zero attached hydrogens (tertiary/aromatic N) is 1. The van der Waals surface area contributed by atoms with E-state index in [1.165, 1.54) is 24.3 Å². The zero-order valence-corrected chi connectivity index (χ0v) is 19.2. The molecule has 0 N–H and O–H groups in total. The molecule has 1 atom stereocenters. The van der Waals surface area contributed by atoms with Gasteiger partial charge in [0.15, 0.2) is 4.75 Å². The number of carbonyl (C=O) groups is 1. The number of ether oxygens (including phenoxy) is 1. The molecular formula is C27H21NO6S. The Hall–Kier alpha value is -4.30. The van der Waals surface area contributed by atoms with Crippen molar-refractivity contribution in [1.29, 1.82) is 0 Å². The predicted molar refractivity (Wildman–Crippen MR) is 131 cm³/mol. The first kappa shape index (κ1) is 23.8. The quantitative estimate of drug-likeness (QED) is 0.112. The van der Waals surface area contributed by atoms with Crippen LogP contribution < -0.4 is 4.74 Å². The van der Waals surface area contributed by atoms with E-state index >= 15 is 0 Å². The van der Waals surface area contributed by atoms with Crippen LogP contribution in [0.5, 0.6) is 5.75 Å². The summed E-state index contributed by atoms with van der Waals surface area (Å²) >= 11 is 0. The van der Waals surface area contributed by atoms with E-state index in [9.17, 15) is 23.3 Å². The molecule has 0 aliphatic rings. The lowest BCUT2D eigenvalue weighted by Crippen LogP contribution is -2.60. The maximum absolute atomic E-state index is 14.8. The van der Waals surface area contributed by atoms with E-state index in [1.807, 2.05) is 0 Å². The number of rotatable bonds is 9. The molecule has 176 valence electrons. The van der Waals surface area contributed by atoms with E-state index in [0.29, 0.717) is 0 Å². The number of para-hydroxylation sites is 1. The van der Waals surface area contributed by atoms with Crippen molar-refractivity contribution in [1.82, 2.24) is 0 Å². The molecule has 0 amide bonds. The molecule has 0 aliphatic carbocycles. The molecule has 7 nitrogen and oxygen atoms in total. The normalized spacial score (nSPS) is 13.4. The smallest absolute Gasteiger partial charge is 0.410 e. The molecule has 1 unspecified atom stereocenters. The van der Waals surface area contributed by atoms with E-state index < -0.39 is 24.6 Å². The van der Waals surface area contributed by atoms with E-state index in [1.54, 1.807) is 97.1 Å². The minimum absolute atomic E-state index is 0.136. The van der Waals surface area contributed by atoms with Gasteiger partial charge in [0.05, 0.1) is 4.92 Å². The Morgan fingerprint density at radius 1 is 0.657 bits per heavy atom. The number of carbonyl (C=O) groups excluding carboxylic acids is 1. The monoisotopic (exact) mass is 487 g/mol. The molecule has 4 aromatic carbocycles. The topological polar surface area (TPSA) is 104 Å². The van der Waals surface area contributed by atoms with Gasteiger partial charge in [-0.05, 0) is 28.8 Å². The van der Waals surface area contributed by atoms with Crippen molar-refractivity contribution in [3.8, 4) is 5.75 Å². The van der Waals surface area contributed by atoms with Crippen molar-refractivity contribution in [3.63, 3.8) is 0 Å². The minimum Gasteiger partial charge on any atom is -0.410 e. The van der Waals surface area contributed by atoms with Crippen molar-refractivity contribution in [2.24, 2.45) is 0 Å². The Bertz CT molecular complexity index is 1320. The summed E-state index contributed by atoms with van der Waals surface area (Å²) in [6, 6.07) is 31.7. The van der Waals surface area contributed by atoms with E-state index in [2.05, 4.69) is 0 Å². The van der Waals surface area contributed by atoms with Crippen LogP contribution in [0.2, 0.25) is 0 Å². The fourth-order valence-electron chi connectivity index (χ4n) is 4.18. The molecule has 0 heterocycles. The molecule has 0 fully saturated rings. The van der Waals surface area contributed by atoms with Crippen LogP contribution in [0.1, 0.15) is 16.7 Å². The summed E-state index contributed by atoms with van der Waals surface area (Å²) < 4.78 is 32.8. The van der Waals surface area contributed by atoms with Gasteiger partial charge in [0.1, 0.15) is 5.75 Å². The van der Waals surface area contributed by atoms with Crippen LogP contribution in [-0.2, 0) is 19.4 Å². The van der Waals surface area contributed by atoms with Crippen molar-refractivity contribution < 1.29 is 22.9 Å². The van der Waals surface area contributed by atoms with Gasteiger partial charge in [-0.2, -0.15) is 0 Å². The second-order valence-corrected chi connectivity index (χ2v) is 9.91. The van der Waals surface area contributed by atoms with Crippen LogP contribution >= 0.6 is 0 Å². The molecule has 8 heteroatoms. The highest BCUT2D eigenvalue weighted by Crippen LogP contribution is 2.48. The minimum atomic E-state index is -5.18. The summed E-state index contributed by atoms with van der Waals surface area (Å²) in [4.78, 5) is 23.8. The maximum Gasteiger partial charge on any atom is 0.523 e. The van der Waals surface area contributed by atoms with E-state index in [-0.39, 0.29) is 28.7 Å². The average Bonchev–Trinajstić information content (AvgIpc) is 2.90. The third-order valence-electron chi connectivity index (χ3n) is 5.74. The number of nitro groups is 1. The lowest BCUT2D eigenvalue weighted by atomic mass is 9.84. The van der Waals surface area contributed by atoms with Gasteiger partial charge in [0.25, 0.3) is 16.1 Å². The molecule has 0 saturated heterocycles. The zero-order chi connectivity index (χ0) is 24.9. The Morgan fingerprint density at radius 2 is 1.00 bits per heavy atom. The van der Waals surface area contributed by atoms with Crippen LogP contribution in [0.3, 0.4) is 0 Å². The first-order valence-corrected chi connectivity index (χ1v) is 12.1. The van der Waals surface area contributed by atoms with Crippen molar-refractivity contribution in [3.05, 3.63) is 148 Å².